The molecule has 0 saturated heterocycles. The van der Waals surface area contributed by atoms with Gasteiger partial charge in [-0.15, -0.1) is 0 Å². The van der Waals surface area contributed by atoms with Gasteiger partial charge in [0.2, 0.25) is 0 Å². The van der Waals surface area contributed by atoms with Crippen molar-refractivity contribution in [2.45, 2.75) is 89.4 Å². The van der Waals surface area contributed by atoms with Crippen LogP contribution in [0.15, 0.2) is 36.4 Å². The zero-order valence-corrected chi connectivity index (χ0v) is 16.8. The standard InChI is InChI=1S/C26H34O/c1-19-15-26(27)25(22-12-6-3-7-13-22)18-24(19)17-20-9-8-14-23(16-20)21-10-4-2-5-11-21/h8-9,14-16,18,21-22,27H,2-7,10-13,17H2,1H3. The molecule has 0 amide bonds. The summed E-state index contributed by atoms with van der Waals surface area (Å²) in [7, 11) is 0. The van der Waals surface area contributed by atoms with Crippen molar-refractivity contribution in [2.75, 3.05) is 0 Å². The first-order valence-electron chi connectivity index (χ1n) is 11.1. The molecule has 2 saturated carbocycles. The molecule has 144 valence electrons. The number of hydrogen-bond acceptors (Lipinski definition) is 1. The smallest absolute Gasteiger partial charge is 0.119 e. The Morgan fingerprint density at radius 3 is 2.19 bits per heavy atom. The van der Waals surface area contributed by atoms with E-state index in [1.54, 1.807) is 0 Å². The van der Waals surface area contributed by atoms with Crippen molar-refractivity contribution in [3.8, 4) is 5.75 Å². The lowest BCUT2D eigenvalue weighted by Crippen LogP contribution is -2.07. The third kappa shape index (κ3) is 4.39. The fourth-order valence-electron chi connectivity index (χ4n) is 5.30. The van der Waals surface area contributed by atoms with Gasteiger partial charge in [0, 0.05) is 0 Å². The minimum atomic E-state index is 0.513. The maximum atomic E-state index is 10.5. The normalized spacial score (nSPS) is 19.3. The second kappa shape index (κ2) is 8.50. The van der Waals surface area contributed by atoms with Gasteiger partial charge in [-0.05, 0) is 84.7 Å². The summed E-state index contributed by atoms with van der Waals surface area (Å²) in [5, 5.41) is 10.5. The van der Waals surface area contributed by atoms with Gasteiger partial charge in [0.25, 0.3) is 0 Å². The Morgan fingerprint density at radius 1 is 0.815 bits per heavy atom. The Kier molecular flexibility index (Phi) is 5.86. The van der Waals surface area contributed by atoms with Crippen LogP contribution >= 0.6 is 0 Å². The van der Waals surface area contributed by atoms with Gasteiger partial charge in [-0.2, -0.15) is 0 Å². The Balaban J connectivity index is 1.56. The van der Waals surface area contributed by atoms with Gasteiger partial charge in [-0.3, -0.25) is 0 Å². The lowest BCUT2D eigenvalue weighted by atomic mass is 9.81. The van der Waals surface area contributed by atoms with Crippen LogP contribution in [0.4, 0.5) is 0 Å². The molecule has 0 aromatic heterocycles. The zero-order valence-electron chi connectivity index (χ0n) is 16.8. The van der Waals surface area contributed by atoms with E-state index in [0.717, 1.165) is 12.3 Å². The van der Waals surface area contributed by atoms with E-state index in [9.17, 15) is 5.11 Å². The van der Waals surface area contributed by atoms with E-state index in [1.165, 1.54) is 92.0 Å². The highest BCUT2D eigenvalue weighted by atomic mass is 16.3. The zero-order chi connectivity index (χ0) is 18.6. The van der Waals surface area contributed by atoms with Crippen LogP contribution in [0.5, 0.6) is 5.75 Å². The number of aromatic hydroxyl groups is 1. The Labute approximate surface area is 164 Å². The minimum absolute atomic E-state index is 0.513. The summed E-state index contributed by atoms with van der Waals surface area (Å²) >= 11 is 0. The maximum absolute atomic E-state index is 10.5. The molecule has 2 fully saturated rings. The van der Waals surface area contributed by atoms with E-state index in [0.29, 0.717) is 11.7 Å². The highest BCUT2D eigenvalue weighted by Gasteiger charge is 2.20. The summed E-state index contributed by atoms with van der Waals surface area (Å²) in [5.74, 6) is 1.82. The first-order chi connectivity index (χ1) is 13.2. The predicted molar refractivity (Wildman–Crippen MR) is 114 cm³/mol. The van der Waals surface area contributed by atoms with Crippen LogP contribution in [0.2, 0.25) is 0 Å². The molecular formula is C26H34O. The number of aryl methyl sites for hydroxylation is 1. The van der Waals surface area contributed by atoms with Crippen LogP contribution < -0.4 is 0 Å². The third-order valence-electron chi connectivity index (χ3n) is 6.95. The van der Waals surface area contributed by atoms with Gasteiger partial charge >= 0.3 is 0 Å². The average molecular weight is 363 g/mol. The van der Waals surface area contributed by atoms with Crippen LogP contribution in [0.25, 0.3) is 0 Å². The minimum Gasteiger partial charge on any atom is -0.508 e. The largest absolute Gasteiger partial charge is 0.508 e. The Morgan fingerprint density at radius 2 is 1.48 bits per heavy atom. The van der Waals surface area contributed by atoms with E-state index >= 15 is 0 Å². The summed E-state index contributed by atoms with van der Waals surface area (Å²) in [5.41, 5.74) is 6.75. The molecule has 2 aliphatic rings. The molecule has 2 aromatic carbocycles. The Bertz CT molecular complexity index is 764. The highest BCUT2D eigenvalue weighted by molar-refractivity contribution is 5.45. The molecule has 0 aliphatic heterocycles. The van der Waals surface area contributed by atoms with Crippen LogP contribution in [-0.4, -0.2) is 5.11 Å². The molecule has 0 atom stereocenters. The average Bonchev–Trinajstić information content (AvgIpc) is 2.71. The second-order valence-corrected chi connectivity index (χ2v) is 8.93. The molecule has 27 heavy (non-hydrogen) atoms. The number of phenolic OH excluding ortho intramolecular Hbond substituents is 1. The van der Waals surface area contributed by atoms with E-state index in [2.05, 4.69) is 37.3 Å². The molecule has 0 bridgehead atoms. The topological polar surface area (TPSA) is 20.2 Å². The van der Waals surface area contributed by atoms with Crippen molar-refractivity contribution in [1.82, 2.24) is 0 Å². The molecule has 1 heteroatoms. The molecule has 1 nitrogen and oxygen atoms in total. The van der Waals surface area contributed by atoms with Crippen molar-refractivity contribution >= 4 is 0 Å². The molecule has 1 N–H and O–H groups in total. The van der Waals surface area contributed by atoms with Crippen molar-refractivity contribution in [3.63, 3.8) is 0 Å². The van der Waals surface area contributed by atoms with Crippen LogP contribution in [0.1, 0.15) is 104 Å². The molecule has 2 aromatic rings. The number of hydrogen-bond donors (Lipinski definition) is 1. The van der Waals surface area contributed by atoms with Crippen molar-refractivity contribution in [2.24, 2.45) is 0 Å². The molecule has 4 rings (SSSR count). The monoisotopic (exact) mass is 362 g/mol. The maximum Gasteiger partial charge on any atom is 0.119 e. The fourth-order valence-corrected chi connectivity index (χ4v) is 5.30. The number of benzene rings is 2. The summed E-state index contributed by atoms with van der Waals surface area (Å²) in [6.07, 6.45) is 14.3. The van der Waals surface area contributed by atoms with Crippen molar-refractivity contribution in [1.29, 1.82) is 0 Å². The van der Waals surface area contributed by atoms with E-state index in [1.807, 2.05) is 6.07 Å². The van der Waals surface area contributed by atoms with E-state index in [-0.39, 0.29) is 0 Å². The fraction of sp³-hybridized carbons (Fsp3) is 0.538. The first-order valence-corrected chi connectivity index (χ1v) is 11.1. The van der Waals surface area contributed by atoms with Gasteiger partial charge < -0.3 is 5.11 Å². The van der Waals surface area contributed by atoms with Gasteiger partial charge in [0.1, 0.15) is 5.75 Å². The van der Waals surface area contributed by atoms with Crippen LogP contribution in [0, 0.1) is 6.92 Å². The highest BCUT2D eigenvalue weighted by Crippen LogP contribution is 2.39. The summed E-state index contributed by atoms with van der Waals surface area (Å²) < 4.78 is 0. The molecular weight excluding hydrogens is 328 g/mol. The van der Waals surface area contributed by atoms with Crippen molar-refractivity contribution < 1.29 is 5.11 Å². The van der Waals surface area contributed by atoms with Gasteiger partial charge in [-0.25, -0.2) is 0 Å². The molecule has 0 radical (unpaired) electrons. The van der Waals surface area contributed by atoms with Crippen molar-refractivity contribution in [3.05, 3.63) is 64.2 Å². The van der Waals surface area contributed by atoms with Gasteiger partial charge in [0.05, 0.1) is 0 Å². The van der Waals surface area contributed by atoms with E-state index in [4.69, 9.17) is 0 Å². The predicted octanol–water partition coefficient (Wildman–Crippen LogP) is 7.39. The molecule has 0 spiro atoms. The lowest BCUT2D eigenvalue weighted by molar-refractivity contribution is 0.414. The molecule has 0 unspecified atom stereocenters. The van der Waals surface area contributed by atoms with E-state index < -0.39 is 0 Å². The SMILES string of the molecule is Cc1cc(O)c(C2CCCCC2)cc1Cc1cccc(C2CCCCC2)c1. The second-order valence-electron chi connectivity index (χ2n) is 8.93. The summed E-state index contributed by atoms with van der Waals surface area (Å²) in [6.45, 7) is 2.14. The first kappa shape index (κ1) is 18.6. The number of phenols is 1. The quantitative estimate of drug-likeness (QED) is 0.601. The van der Waals surface area contributed by atoms with Gasteiger partial charge in [-0.1, -0.05) is 68.9 Å². The summed E-state index contributed by atoms with van der Waals surface area (Å²) in [6, 6.07) is 13.6. The molecule has 0 heterocycles. The Hall–Kier alpha value is -1.76. The van der Waals surface area contributed by atoms with Crippen LogP contribution in [0.3, 0.4) is 0 Å². The third-order valence-corrected chi connectivity index (χ3v) is 6.95. The molecule has 2 aliphatic carbocycles. The van der Waals surface area contributed by atoms with Crippen LogP contribution in [-0.2, 0) is 6.42 Å². The lowest BCUT2D eigenvalue weighted by Gasteiger charge is -2.24. The van der Waals surface area contributed by atoms with Gasteiger partial charge in [0.15, 0.2) is 0 Å². The summed E-state index contributed by atoms with van der Waals surface area (Å²) in [4.78, 5) is 0. The number of rotatable bonds is 4.